The van der Waals surface area contributed by atoms with Crippen LogP contribution in [-0.4, -0.2) is 41.4 Å². The molecule has 2 saturated heterocycles. The molecule has 20 heavy (non-hydrogen) atoms. The molecule has 0 bridgehead atoms. The molecule has 2 atom stereocenters. The van der Waals surface area contributed by atoms with Crippen LogP contribution in [0.25, 0.3) is 0 Å². The Morgan fingerprint density at radius 3 is 2.95 bits per heavy atom. The summed E-state index contributed by atoms with van der Waals surface area (Å²) in [5.74, 6) is 2.55. The van der Waals surface area contributed by atoms with Crippen LogP contribution < -0.4 is 5.32 Å². The standard InChI is InChI=1S/C16H22N2OS/c19-16(11-14-12-20-10-8-17-14)18-9-4-7-15(18)13-5-2-1-3-6-13/h1-3,5-6,14-15,17H,4,7-12H2. The number of carbonyl (C=O) groups excluding carboxylic acids is 1. The van der Waals surface area contributed by atoms with Crippen LogP contribution in [0.3, 0.4) is 0 Å². The number of rotatable bonds is 3. The summed E-state index contributed by atoms with van der Waals surface area (Å²) in [5, 5.41) is 3.46. The molecule has 2 fully saturated rings. The molecule has 3 rings (SSSR count). The Morgan fingerprint density at radius 1 is 1.35 bits per heavy atom. The Labute approximate surface area is 125 Å². The van der Waals surface area contributed by atoms with Crippen LogP contribution in [0.4, 0.5) is 0 Å². The largest absolute Gasteiger partial charge is 0.336 e. The lowest BCUT2D eigenvalue weighted by molar-refractivity contribution is -0.132. The first-order chi connectivity index (χ1) is 9.84. The Balaban J connectivity index is 1.64. The van der Waals surface area contributed by atoms with E-state index >= 15 is 0 Å². The number of hydrogen-bond donors (Lipinski definition) is 1. The van der Waals surface area contributed by atoms with Gasteiger partial charge in [0.1, 0.15) is 0 Å². The number of amides is 1. The van der Waals surface area contributed by atoms with E-state index in [9.17, 15) is 4.79 Å². The zero-order valence-electron chi connectivity index (χ0n) is 11.8. The minimum atomic E-state index is 0.292. The normalized spacial score (nSPS) is 26.7. The van der Waals surface area contributed by atoms with Gasteiger partial charge in [-0.2, -0.15) is 11.8 Å². The van der Waals surface area contributed by atoms with Gasteiger partial charge in [0.2, 0.25) is 5.91 Å². The van der Waals surface area contributed by atoms with Crippen molar-refractivity contribution >= 4 is 17.7 Å². The highest BCUT2D eigenvalue weighted by Gasteiger charge is 2.31. The van der Waals surface area contributed by atoms with Crippen LogP contribution in [0.5, 0.6) is 0 Å². The van der Waals surface area contributed by atoms with E-state index < -0.39 is 0 Å². The minimum absolute atomic E-state index is 0.292. The van der Waals surface area contributed by atoms with Crippen molar-refractivity contribution < 1.29 is 4.79 Å². The number of nitrogens with one attached hydrogen (secondary N) is 1. The molecule has 1 amide bonds. The lowest BCUT2D eigenvalue weighted by atomic mass is 10.0. The quantitative estimate of drug-likeness (QED) is 0.928. The van der Waals surface area contributed by atoms with Gasteiger partial charge in [-0.05, 0) is 18.4 Å². The zero-order valence-corrected chi connectivity index (χ0v) is 12.6. The van der Waals surface area contributed by atoms with Crippen molar-refractivity contribution in [3.05, 3.63) is 35.9 Å². The molecule has 1 aromatic carbocycles. The van der Waals surface area contributed by atoms with Crippen LogP contribution >= 0.6 is 11.8 Å². The van der Waals surface area contributed by atoms with Crippen molar-refractivity contribution in [3.8, 4) is 0 Å². The molecule has 0 aliphatic carbocycles. The number of benzene rings is 1. The van der Waals surface area contributed by atoms with Crippen molar-refractivity contribution in [2.75, 3.05) is 24.6 Å². The maximum Gasteiger partial charge on any atom is 0.224 e. The summed E-state index contributed by atoms with van der Waals surface area (Å²) in [6.45, 7) is 1.95. The van der Waals surface area contributed by atoms with Crippen molar-refractivity contribution in [3.63, 3.8) is 0 Å². The van der Waals surface area contributed by atoms with Crippen LogP contribution in [0.1, 0.15) is 30.9 Å². The van der Waals surface area contributed by atoms with Gasteiger partial charge in [0.25, 0.3) is 0 Å². The maximum atomic E-state index is 12.6. The highest BCUT2D eigenvalue weighted by atomic mass is 32.2. The van der Waals surface area contributed by atoms with Crippen LogP contribution in [0.15, 0.2) is 30.3 Å². The van der Waals surface area contributed by atoms with E-state index in [1.165, 1.54) is 11.3 Å². The van der Waals surface area contributed by atoms with E-state index in [0.29, 0.717) is 24.4 Å². The minimum Gasteiger partial charge on any atom is -0.336 e. The molecule has 0 radical (unpaired) electrons. The lowest BCUT2D eigenvalue weighted by Gasteiger charge is -2.29. The molecule has 108 valence electrons. The zero-order chi connectivity index (χ0) is 13.8. The Kier molecular flexibility index (Phi) is 4.63. The molecule has 0 saturated carbocycles. The predicted octanol–water partition coefficient (Wildman–Crippen LogP) is 2.45. The van der Waals surface area contributed by atoms with Gasteiger partial charge in [-0.1, -0.05) is 30.3 Å². The molecule has 2 aliphatic rings. The summed E-state index contributed by atoms with van der Waals surface area (Å²) in [5.41, 5.74) is 1.28. The summed E-state index contributed by atoms with van der Waals surface area (Å²) >= 11 is 1.95. The molecule has 0 aromatic heterocycles. The Hall–Kier alpha value is -1.00. The van der Waals surface area contributed by atoms with Gasteiger partial charge >= 0.3 is 0 Å². The Bertz CT molecular complexity index is 445. The molecule has 1 aromatic rings. The molecule has 2 aliphatic heterocycles. The molecule has 2 unspecified atom stereocenters. The first-order valence-electron chi connectivity index (χ1n) is 7.50. The summed E-state index contributed by atoms with van der Waals surface area (Å²) in [6.07, 6.45) is 2.87. The van der Waals surface area contributed by atoms with Crippen molar-refractivity contribution in [2.24, 2.45) is 0 Å². The second-order valence-corrected chi connectivity index (χ2v) is 6.74. The van der Waals surface area contributed by atoms with Crippen molar-refractivity contribution in [1.29, 1.82) is 0 Å². The Morgan fingerprint density at radius 2 is 2.20 bits per heavy atom. The van der Waals surface area contributed by atoms with Gasteiger partial charge in [0, 0.05) is 37.1 Å². The monoisotopic (exact) mass is 290 g/mol. The first kappa shape index (κ1) is 14.0. The van der Waals surface area contributed by atoms with Crippen LogP contribution in [0.2, 0.25) is 0 Å². The van der Waals surface area contributed by atoms with Crippen LogP contribution in [0, 0.1) is 0 Å². The maximum absolute atomic E-state index is 12.6. The smallest absolute Gasteiger partial charge is 0.224 e. The van der Waals surface area contributed by atoms with Gasteiger partial charge in [-0.3, -0.25) is 4.79 Å². The average molecular weight is 290 g/mol. The fraction of sp³-hybridized carbons (Fsp3) is 0.562. The van der Waals surface area contributed by atoms with Gasteiger partial charge in [-0.25, -0.2) is 0 Å². The summed E-state index contributed by atoms with van der Waals surface area (Å²) in [7, 11) is 0. The van der Waals surface area contributed by atoms with E-state index in [2.05, 4.69) is 34.5 Å². The molecular formula is C16H22N2OS. The number of likely N-dealkylation sites (tertiary alicyclic amines) is 1. The van der Waals surface area contributed by atoms with E-state index in [1.807, 2.05) is 17.8 Å². The summed E-state index contributed by atoms with van der Waals surface area (Å²) in [6, 6.07) is 11.1. The fourth-order valence-electron chi connectivity index (χ4n) is 3.17. The van der Waals surface area contributed by atoms with Crippen molar-refractivity contribution in [2.45, 2.75) is 31.3 Å². The summed E-state index contributed by atoms with van der Waals surface area (Å²) < 4.78 is 0. The van der Waals surface area contributed by atoms with E-state index in [1.54, 1.807) is 0 Å². The van der Waals surface area contributed by atoms with E-state index in [-0.39, 0.29) is 0 Å². The average Bonchev–Trinajstić information content (AvgIpc) is 2.99. The van der Waals surface area contributed by atoms with Gasteiger partial charge in [-0.15, -0.1) is 0 Å². The van der Waals surface area contributed by atoms with Crippen LogP contribution in [-0.2, 0) is 4.79 Å². The first-order valence-corrected chi connectivity index (χ1v) is 8.65. The summed E-state index contributed by atoms with van der Waals surface area (Å²) in [4.78, 5) is 14.7. The second kappa shape index (κ2) is 6.64. The highest BCUT2D eigenvalue weighted by Crippen LogP contribution is 2.32. The van der Waals surface area contributed by atoms with Gasteiger partial charge in [0.15, 0.2) is 0 Å². The van der Waals surface area contributed by atoms with E-state index in [0.717, 1.165) is 31.7 Å². The van der Waals surface area contributed by atoms with Gasteiger partial charge < -0.3 is 10.2 Å². The molecule has 4 heteroatoms. The molecule has 1 N–H and O–H groups in total. The highest BCUT2D eigenvalue weighted by molar-refractivity contribution is 7.99. The molecule has 0 spiro atoms. The SMILES string of the molecule is O=C(CC1CSCCN1)N1CCCC1c1ccccc1. The van der Waals surface area contributed by atoms with E-state index in [4.69, 9.17) is 0 Å². The lowest BCUT2D eigenvalue weighted by Crippen LogP contribution is -2.42. The second-order valence-electron chi connectivity index (χ2n) is 5.59. The topological polar surface area (TPSA) is 32.3 Å². The molecular weight excluding hydrogens is 268 g/mol. The van der Waals surface area contributed by atoms with Gasteiger partial charge in [0.05, 0.1) is 6.04 Å². The predicted molar refractivity (Wildman–Crippen MR) is 83.9 cm³/mol. The molecule has 3 nitrogen and oxygen atoms in total. The third-order valence-corrected chi connectivity index (χ3v) is 5.31. The molecule has 2 heterocycles. The number of thioether (sulfide) groups is 1. The van der Waals surface area contributed by atoms with Crippen molar-refractivity contribution in [1.82, 2.24) is 10.2 Å². The number of carbonyl (C=O) groups is 1. The number of nitrogens with zero attached hydrogens (tertiary/aromatic N) is 1. The third-order valence-electron chi connectivity index (χ3n) is 4.18. The third kappa shape index (κ3) is 3.18. The number of hydrogen-bond acceptors (Lipinski definition) is 3. The fourth-order valence-corrected chi connectivity index (χ4v) is 4.11.